The average Bonchev–Trinajstić information content (AvgIpc) is 3.61. The fourth-order valence-corrected chi connectivity index (χ4v) is 4.83. The van der Waals surface area contributed by atoms with Gasteiger partial charge in [-0.15, -0.1) is 11.3 Å². The van der Waals surface area contributed by atoms with Gasteiger partial charge in [0, 0.05) is 52.6 Å². The highest BCUT2D eigenvalue weighted by Gasteiger charge is 2.16. The molecule has 0 spiro atoms. The first kappa shape index (κ1) is 22.3. The molecule has 0 aliphatic carbocycles. The van der Waals surface area contributed by atoms with Crippen LogP contribution in [-0.4, -0.2) is 62.3 Å². The Hall–Kier alpha value is -4.15. The van der Waals surface area contributed by atoms with Gasteiger partial charge < -0.3 is 14.6 Å². The topological polar surface area (TPSA) is 95.6 Å². The number of fused-ring (bicyclic) bond motifs is 2. The third-order valence-corrected chi connectivity index (χ3v) is 6.77. The number of nitrogens with zero attached hydrogens (tertiary/aromatic N) is 5. The molecule has 6 rings (SSSR count). The van der Waals surface area contributed by atoms with Crippen LogP contribution in [0.15, 0.2) is 61.2 Å². The standard InChI is InChI=1S/C26H22FN7OS/c1-34(2)7-8-35-17-9-15(12-28-14-17)16-10-19-24(32-33-26(19)30-13-16)21-11-18-20(31-21)5-6-29-25(18)22-3-4-23(27)36-22/h3-6,9-14,31H,7-8H2,1-2H3,(H,30,32,33). The fourth-order valence-electron chi connectivity index (χ4n) is 4.09. The van der Waals surface area contributed by atoms with Crippen molar-refractivity contribution in [1.82, 2.24) is 35.0 Å². The Morgan fingerprint density at radius 3 is 2.72 bits per heavy atom. The second-order valence-corrected chi connectivity index (χ2v) is 9.70. The van der Waals surface area contributed by atoms with E-state index in [0.717, 1.165) is 67.3 Å². The summed E-state index contributed by atoms with van der Waals surface area (Å²) in [5, 5.41) is 9.05. The summed E-state index contributed by atoms with van der Waals surface area (Å²) in [6.45, 7) is 1.40. The quantitative estimate of drug-likeness (QED) is 0.307. The monoisotopic (exact) mass is 499 g/mol. The van der Waals surface area contributed by atoms with Gasteiger partial charge in [-0.25, -0.2) is 4.98 Å². The van der Waals surface area contributed by atoms with Crippen molar-refractivity contribution in [3.63, 3.8) is 0 Å². The number of rotatable bonds is 7. The maximum Gasteiger partial charge on any atom is 0.181 e. The Morgan fingerprint density at radius 2 is 1.89 bits per heavy atom. The smallest absolute Gasteiger partial charge is 0.181 e. The van der Waals surface area contributed by atoms with E-state index < -0.39 is 0 Å². The number of hydrogen-bond acceptors (Lipinski definition) is 7. The number of nitrogens with one attached hydrogen (secondary N) is 2. The normalized spacial score (nSPS) is 11.7. The van der Waals surface area contributed by atoms with Gasteiger partial charge in [0.1, 0.15) is 12.4 Å². The molecule has 0 unspecified atom stereocenters. The molecule has 0 atom stereocenters. The summed E-state index contributed by atoms with van der Waals surface area (Å²) < 4.78 is 19.5. The van der Waals surface area contributed by atoms with Crippen LogP contribution in [0.5, 0.6) is 5.75 Å². The minimum Gasteiger partial charge on any atom is -0.491 e. The largest absolute Gasteiger partial charge is 0.491 e. The van der Waals surface area contributed by atoms with Gasteiger partial charge in [0.2, 0.25) is 0 Å². The lowest BCUT2D eigenvalue weighted by Crippen LogP contribution is -2.19. The molecular formula is C26H22FN7OS. The minimum absolute atomic E-state index is 0.237. The van der Waals surface area contributed by atoms with Gasteiger partial charge in [-0.1, -0.05) is 0 Å². The van der Waals surface area contributed by atoms with Crippen LogP contribution in [0.4, 0.5) is 4.39 Å². The van der Waals surface area contributed by atoms with Gasteiger partial charge in [-0.3, -0.25) is 15.1 Å². The van der Waals surface area contributed by atoms with Crippen LogP contribution in [0.25, 0.3) is 55.0 Å². The fraction of sp³-hybridized carbons (Fsp3) is 0.154. The van der Waals surface area contributed by atoms with E-state index in [-0.39, 0.29) is 5.13 Å². The van der Waals surface area contributed by atoms with E-state index in [1.165, 1.54) is 6.07 Å². The van der Waals surface area contributed by atoms with Crippen LogP contribution in [0, 0.1) is 5.13 Å². The summed E-state index contributed by atoms with van der Waals surface area (Å²) in [6.07, 6.45) is 7.01. The van der Waals surface area contributed by atoms with Crippen LogP contribution in [0.2, 0.25) is 0 Å². The Bertz CT molecular complexity index is 1690. The molecule has 2 N–H and O–H groups in total. The van der Waals surface area contributed by atoms with E-state index in [2.05, 4.69) is 35.0 Å². The first-order valence-electron chi connectivity index (χ1n) is 11.4. The van der Waals surface area contributed by atoms with Gasteiger partial charge in [-0.05, 0) is 50.5 Å². The summed E-state index contributed by atoms with van der Waals surface area (Å²) >= 11 is 1.08. The zero-order valence-electron chi connectivity index (χ0n) is 19.6. The number of H-pyrrole nitrogens is 2. The van der Waals surface area contributed by atoms with E-state index in [9.17, 15) is 4.39 Å². The minimum atomic E-state index is -0.237. The summed E-state index contributed by atoms with van der Waals surface area (Å²) in [5.74, 6) is 0.711. The molecule has 0 amide bonds. The zero-order chi connectivity index (χ0) is 24.6. The number of halogens is 1. The summed E-state index contributed by atoms with van der Waals surface area (Å²) in [7, 11) is 4.02. The molecular weight excluding hydrogens is 477 g/mol. The Kier molecular flexibility index (Phi) is 5.67. The molecule has 6 heterocycles. The van der Waals surface area contributed by atoms with E-state index in [1.807, 2.05) is 38.4 Å². The molecule has 0 aliphatic rings. The van der Waals surface area contributed by atoms with Crippen molar-refractivity contribution in [1.29, 1.82) is 0 Å². The predicted molar refractivity (Wildman–Crippen MR) is 140 cm³/mol. The van der Waals surface area contributed by atoms with Crippen LogP contribution in [0.1, 0.15) is 0 Å². The highest BCUT2D eigenvalue weighted by atomic mass is 32.1. The van der Waals surface area contributed by atoms with Crippen molar-refractivity contribution in [2.24, 2.45) is 0 Å². The maximum atomic E-state index is 13.7. The van der Waals surface area contributed by atoms with Crippen molar-refractivity contribution >= 4 is 33.3 Å². The van der Waals surface area contributed by atoms with Crippen molar-refractivity contribution in [2.45, 2.75) is 0 Å². The van der Waals surface area contributed by atoms with Crippen LogP contribution in [0.3, 0.4) is 0 Å². The number of aromatic nitrogens is 6. The van der Waals surface area contributed by atoms with Crippen molar-refractivity contribution in [3.05, 3.63) is 66.3 Å². The zero-order valence-corrected chi connectivity index (χ0v) is 20.4. The first-order chi connectivity index (χ1) is 17.5. The lowest BCUT2D eigenvalue weighted by molar-refractivity contribution is 0.261. The van der Waals surface area contributed by atoms with Gasteiger partial charge in [0.05, 0.1) is 28.2 Å². The maximum absolute atomic E-state index is 13.7. The Balaban J connectivity index is 1.37. The number of thiophene rings is 1. The van der Waals surface area contributed by atoms with Gasteiger partial charge in [-0.2, -0.15) is 9.49 Å². The highest BCUT2D eigenvalue weighted by molar-refractivity contribution is 7.13. The lowest BCUT2D eigenvalue weighted by atomic mass is 10.1. The third-order valence-electron chi connectivity index (χ3n) is 5.89. The molecule has 0 fully saturated rings. The van der Waals surface area contributed by atoms with Crippen LogP contribution < -0.4 is 4.74 Å². The molecule has 0 aliphatic heterocycles. The summed E-state index contributed by atoms with van der Waals surface area (Å²) in [6, 6.07) is 11.1. The Labute approximate surface area is 209 Å². The van der Waals surface area contributed by atoms with E-state index in [0.29, 0.717) is 18.0 Å². The molecule has 0 aromatic carbocycles. The molecule has 180 valence electrons. The Morgan fingerprint density at radius 1 is 1.00 bits per heavy atom. The molecule has 6 aromatic rings. The van der Waals surface area contributed by atoms with Crippen molar-refractivity contribution in [2.75, 3.05) is 27.2 Å². The average molecular weight is 500 g/mol. The summed E-state index contributed by atoms with van der Waals surface area (Å²) in [4.78, 5) is 19.7. The number of hydrogen-bond donors (Lipinski definition) is 2. The molecule has 0 saturated heterocycles. The van der Waals surface area contributed by atoms with Gasteiger partial charge in [0.15, 0.2) is 10.8 Å². The second kappa shape index (κ2) is 9.14. The van der Waals surface area contributed by atoms with Gasteiger partial charge >= 0.3 is 0 Å². The molecule has 36 heavy (non-hydrogen) atoms. The predicted octanol–water partition coefficient (Wildman–Crippen LogP) is 5.37. The van der Waals surface area contributed by atoms with Crippen LogP contribution in [-0.2, 0) is 0 Å². The lowest BCUT2D eigenvalue weighted by Gasteiger charge is -2.11. The number of likely N-dealkylation sites (N-methyl/N-ethyl adjacent to an activating group) is 1. The van der Waals surface area contributed by atoms with Crippen molar-refractivity contribution in [3.8, 4) is 38.8 Å². The van der Waals surface area contributed by atoms with E-state index in [1.54, 1.807) is 30.9 Å². The van der Waals surface area contributed by atoms with E-state index in [4.69, 9.17) is 4.74 Å². The SMILES string of the molecule is CN(C)CCOc1cncc(-c2cnc3n[nH]c(-c4cc5c(-c6ccc(F)s6)nccc5[nH]4)c3c2)c1. The molecule has 0 saturated carbocycles. The van der Waals surface area contributed by atoms with E-state index >= 15 is 0 Å². The molecule has 6 aromatic heterocycles. The first-order valence-corrected chi connectivity index (χ1v) is 12.2. The van der Waals surface area contributed by atoms with Gasteiger partial charge in [0.25, 0.3) is 0 Å². The number of aromatic amines is 2. The molecule has 10 heteroatoms. The second-order valence-electron chi connectivity index (χ2n) is 8.66. The summed E-state index contributed by atoms with van der Waals surface area (Å²) in [5.41, 5.74) is 5.72. The van der Waals surface area contributed by atoms with Crippen LogP contribution >= 0.6 is 11.3 Å². The molecule has 8 nitrogen and oxygen atoms in total. The number of ether oxygens (including phenoxy) is 1. The third kappa shape index (κ3) is 4.21. The highest BCUT2D eigenvalue weighted by Crippen LogP contribution is 2.35. The number of pyridine rings is 3. The molecule has 0 radical (unpaired) electrons. The van der Waals surface area contributed by atoms with Crippen molar-refractivity contribution < 1.29 is 9.13 Å². The molecule has 0 bridgehead atoms.